The van der Waals surface area contributed by atoms with Crippen molar-refractivity contribution in [2.24, 2.45) is 5.10 Å². The second kappa shape index (κ2) is 8.33. The lowest BCUT2D eigenvalue weighted by molar-refractivity contribution is -0.123. The highest BCUT2D eigenvalue weighted by Gasteiger charge is 2.03. The quantitative estimate of drug-likeness (QED) is 0.620. The van der Waals surface area contributed by atoms with Crippen LogP contribution in [-0.2, 0) is 4.79 Å². The Labute approximate surface area is 143 Å². The summed E-state index contributed by atoms with van der Waals surface area (Å²) in [7, 11) is 1.59. The summed E-state index contributed by atoms with van der Waals surface area (Å²) in [6, 6.07) is 14.7. The smallest absolute Gasteiger partial charge is 0.277 e. The Morgan fingerprint density at radius 1 is 1.09 bits per heavy atom. The first-order valence-corrected chi connectivity index (χ1v) is 7.73. The maximum Gasteiger partial charge on any atom is 0.277 e. The number of carbonyl (C=O) groups is 1. The maximum atomic E-state index is 11.8. The summed E-state index contributed by atoms with van der Waals surface area (Å²) in [6.07, 6.45) is 0. The number of hydrogen-bond acceptors (Lipinski definition) is 4. The fraction of sp³-hybridized carbons (Fsp3) is 0.176. The van der Waals surface area contributed by atoms with E-state index in [1.165, 1.54) is 0 Å². The van der Waals surface area contributed by atoms with Gasteiger partial charge in [-0.15, -0.1) is 0 Å². The van der Waals surface area contributed by atoms with Gasteiger partial charge in [-0.2, -0.15) is 5.10 Å². The predicted octanol–water partition coefficient (Wildman–Crippen LogP) is 3.38. The highest BCUT2D eigenvalue weighted by molar-refractivity contribution is 9.10. The Bertz CT molecular complexity index is 682. The normalized spacial score (nSPS) is 11.0. The topological polar surface area (TPSA) is 59.9 Å². The van der Waals surface area contributed by atoms with Gasteiger partial charge in [0.1, 0.15) is 11.5 Å². The van der Waals surface area contributed by atoms with Crippen molar-refractivity contribution in [1.82, 2.24) is 5.43 Å². The molecule has 0 unspecified atom stereocenters. The Morgan fingerprint density at radius 3 is 2.30 bits per heavy atom. The minimum absolute atomic E-state index is 0.108. The van der Waals surface area contributed by atoms with Crippen LogP contribution in [0, 0.1) is 0 Å². The van der Waals surface area contributed by atoms with Gasteiger partial charge in [-0.25, -0.2) is 5.43 Å². The Hall–Kier alpha value is -2.34. The summed E-state index contributed by atoms with van der Waals surface area (Å²) in [5.74, 6) is 1.00. The highest BCUT2D eigenvalue weighted by Crippen LogP contribution is 2.16. The highest BCUT2D eigenvalue weighted by atomic mass is 79.9. The molecule has 0 atom stereocenters. The molecular weight excluding hydrogens is 360 g/mol. The van der Waals surface area contributed by atoms with Crippen LogP contribution in [0.3, 0.4) is 0 Å². The van der Waals surface area contributed by atoms with E-state index in [1.54, 1.807) is 31.4 Å². The van der Waals surface area contributed by atoms with Gasteiger partial charge in [-0.3, -0.25) is 4.79 Å². The number of ether oxygens (including phenoxy) is 2. The zero-order chi connectivity index (χ0) is 16.7. The molecule has 0 saturated heterocycles. The number of hydrogen-bond donors (Lipinski definition) is 1. The van der Waals surface area contributed by atoms with Gasteiger partial charge in [0.05, 0.1) is 12.8 Å². The number of benzene rings is 2. The second-order valence-corrected chi connectivity index (χ2v) is 5.62. The van der Waals surface area contributed by atoms with Gasteiger partial charge in [-0.05, 0) is 48.9 Å². The van der Waals surface area contributed by atoms with E-state index < -0.39 is 0 Å². The molecule has 0 heterocycles. The average Bonchev–Trinajstić information content (AvgIpc) is 2.59. The van der Waals surface area contributed by atoms with Crippen LogP contribution in [0.25, 0.3) is 0 Å². The van der Waals surface area contributed by atoms with Crippen molar-refractivity contribution in [3.05, 3.63) is 58.6 Å². The molecule has 1 N–H and O–H groups in total. The summed E-state index contributed by atoms with van der Waals surface area (Å²) in [4.78, 5) is 11.8. The summed E-state index contributed by atoms with van der Waals surface area (Å²) in [6.45, 7) is 1.72. The van der Waals surface area contributed by atoms with Crippen molar-refractivity contribution in [3.8, 4) is 11.5 Å². The standard InChI is InChI=1S/C17H17BrN2O3/c1-12(13-3-5-14(18)6-4-13)19-20-17(21)11-23-16-9-7-15(22-2)8-10-16/h3-10H,11H2,1-2H3,(H,20,21)/b19-12+. The number of rotatable bonds is 6. The average molecular weight is 377 g/mol. The predicted molar refractivity (Wildman–Crippen MR) is 93.0 cm³/mol. The summed E-state index contributed by atoms with van der Waals surface area (Å²) < 4.78 is 11.4. The molecule has 6 heteroatoms. The SMILES string of the molecule is COc1ccc(OCC(=O)N/N=C(\C)c2ccc(Br)cc2)cc1. The van der Waals surface area contributed by atoms with Gasteiger partial charge < -0.3 is 9.47 Å². The Balaban J connectivity index is 1.84. The lowest BCUT2D eigenvalue weighted by atomic mass is 10.1. The summed E-state index contributed by atoms with van der Waals surface area (Å²) >= 11 is 3.37. The van der Waals surface area contributed by atoms with Crippen molar-refractivity contribution < 1.29 is 14.3 Å². The van der Waals surface area contributed by atoms with Crippen LogP contribution < -0.4 is 14.9 Å². The van der Waals surface area contributed by atoms with Gasteiger partial charge in [0.25, 0.3) is 5.91 Å². The van der Waals surface area contributed by atoms with Crippen molar-refractivity contribution in [1.29, 1.82) is 0 Å². The van der Waals surface area contributed by atoms with E-state index in [1.807, 2.05) is 31.2 Å². The molecule has 0 bridgehead atoms. The first-order chi connectivity index (χ1) is 11.1. The number of amides is 1. The number of halogens is 1. The number of hydrazone groups is 1. The van der Waals surface area contributed by atoms with Crippen molar-refractivity contribution >= 4 is 27.5 Å². The molecular formula is C17H17BrN2O3. The molecule has 2 rings (SSSR count). The van der Waals surface area contributed by atoms with E-state index in [4.69, 9.17) is 9.47 Å². The molecule has 0 aliphatic rings. The van der Waals surface area contributed by atoms with Crippen molar-refractivity contribution in [3.63, 3.8) is 0 Å². The lowest BCUT2D eigenvalue weighted by Crippen LogP contribution is -2.25. The van der Waals surface area contributed by atoms with Gasteiger partial charge in [0.2, 0.25) is 0 Å². The van der Waals surface area contributed by atoms with Crippen LogP contribution >= 0.6 is 15.9 Å². The molecule has 0 aliphatic heterocycles. The van der Waals surface area contributed by atoms with Gasteiger partial charge in [0, 0.05) is 4.47 Å². The molecule has 2 aromatic rings. The first kappa shape index (κ1) is 17.0. The third kappa shape index (κ3) is 5.41. The Morgan fingerprint density at radius 2 is 1.70 bits per heavy atom. The monoisotopic (exact) mass is 376 g/mol. The number of nitrogens with one attached hydrogen (secondary N) is 1. The maximum absolute atomic E-state index is 11.8. The molecule has 0 fully saturated rings. The fourth-order valence-electron chi connectivity index (χ4n) is 1.75. The molecule has 0 aromatic heterocycles. The van der Waals surface area contributed by atoms with E-state index in [9.17, 15) is 4.79 Å². The number of carbonyl (C=O) groups excluding carboxylic acids is 1. The largest absolute Gasteiger partial charge is 0.497 e. The first-order valence-electron chi connectivity index (χ1n) is 6.94. The lowest BCUT2D eigenvalue weighted by Gasteiger charge is -2.06. The van der Waals surface area contributed by atoms with E-state index in [0.717, 1.165) is 21.5 Å². The minimum atomic E-state index is -0.322. The van der Waals surface area contributed by atoms with Gasteiger partial charge in [-0.1, -0.05) is 28.1 Å². The van der Waals surface area contributed by atoms with Gasteiger partial charge in [0.15, 0.2) is 6.61 Å². The molecule has 0 aliphatic carbocycles. The molecule has 5 nitrogen and oxygen atoms in total. The third-order valence-corrected chi connectivity index (χ3v) is 3.57. The van der Waals surface area contributed by atoms with Crippen LogP contribution in [0.1, 0.15) is 12.5 Å². The summed E-state index contributed by atoms with van der Waals surface area (Å²) in [5, 5.41) is 4.07. The summed E-state index contributed by atoms with van der Waals surface area (Å²) in [5.41, 5.74) is 4.13. The van der Waals surface area contributed by atoms with Crippen LogP contribution in [0.2, 0.25) is 0 Å². The van der Waals surface area contributed by atoms with E-state index >= 15 is 0 Å². The Kier molecular flexibility index (Phi) is 6.17. The second-order valence-electron chi connectivity index (χ2n) is 4.70. The van der Waals surface area contributed by atoms with Crippen LogP contribution in [0.4, 0.5) is 0 Å². The fourth-order valence-corrected chi connectivity index (χ4v) is 2.02. The van der Waals surface area contributed by atoms with E-state index in [-0.39, 0.29) is 12.5 Å². The molecule has 23 heavy (non-hydrogen) atoms. The van der Waals surface area contributed by atoms with Crippen molar-refractivity contribution in [2.45, 2.75) is 6.92 Å². The van der Waals surface area contributed by atoms with Crippen LogP contribution in [-0.4, -0.2) is 25.3 Å². The molecule has 0 spiro atoms. The van der Waals surface area contributed by atoms with Gasteiger partial charge >= 0.3 is 0 Å². The van der Waals surface area contributed by atoms with E-state index in [0.29, 0.717) is 5.75 Å². The molecule has 0 saturated carbocycles. The van der Waals surface area contributed by atoms with Crippen LogP contribution in [0.15, 0.2) is 58.1 Å². The minimum Gasteiger partial charge on any atom is -0.497 e. The molecule has 0 radical (unpaired) electrons. The molecule has 120 valence electrons. The zero-order valence-electron chi connectivity index (χ0n) is 12.9. The third-order valence-electron chi connectivity index (χ3n) is 3.04. The zero-order valence-corrected chi connectivity index (χ0v) is 14.5. The van der Waals surface area contributed by atoms with Crippen LogP contribution in [0.5, 0.6) is 11.5 Å². The van der Waals surface area contributed by atoms with E-state index in [2.05, 4.69) is 26.5 Å². The molecule has 2 aromatic carbocycles. The molecule has 1 amide bonds. The number of methoxy groups -OCH3 is 1. The number of nitrogens with zero attached hydrogens (tertiary/aromatic N) is 1. The van der Waals surface area contributed by atoms with Crippen molar-refractivity contribution in [2.75, 3.05) is 13.7 Å².